The summed E-state index contributed by atoms with van der Waals surface area (Å²) >= 11 is 0. The maximum atomic E-state index is 11.7. The summed E-state index contributed by atoms with van der Waals surface area (Å²) < 4.78 is 126. The number of carbonyl (C=O) groups excluding carboxylic acids is 3. The van der Waals surface area contributed by atoms with Crippen LogP contribution in [0.25, 0.3) is 0 Å². The first-order valence-corrected chi connectivity index (χ1v) is 41.1. The van der Waals surface area contributed by atoms with Crippen molar-refractivity contribution in [1.82, 2.24) is 24.5 Å². The van der Waals surface area contributed by atoms with E-state index in [1.165, 1.54) is 65.1 Å². The lowest BCUT2D eigenvalue weighted by molar-refractivity contribution is -0.153. The second-order valence-corrected chi connectivity index (χ2v) is 25.0. The number of rotatable bonds is 50. The van der Waals surface area contributed by atoms with Crippen molar-refractivity contribution in [3.63, 3.8) is 0 Å². The van der Waals surface area contributed by atoms with Crippen LogP contribution in [0.1, 0.15) is 60.8 Å². The van der Waals surface area contributed by atoms with Gasteiger partial charge in [0.15, 0.2) is 0 Å². The maximum Gasteiger partial charge on any atom is 0.320 e. The van der Waals surface area contributed by atoms with Gasteiger partial charge in [0, 0.05) is 152 Å². The van der Waals surface area contributed by atoms with Gasteiger partial charge in [-0.05, 0) is 50.4 Å². The summed E-state index contributed by atoms with van der Waals surface area (Å²) in [6.07, 6.45) is 4.08. The van der Waals surface area contributed by atoms with Gasteiger partial charge in [-0.25, -0.2) is 0 Å². The number of ether oxygens (including phenoxy) is 24. The Morgan fingerprint density at radius 1 is 0.325 bits per heavy atom. The largest absolute Gasteiger partial charge is 0.491 e. The Morgan fingerprint density at radius 2 is 0.590 bits per heavy atom. The maximum absolute atomic E-state index is 11.7. The van der Waals surface area contributed by atoms with Crippen LogP contribution in [0, 0.1) is 0 Å². The van der Waals surface area contributed by atoms with Crippen LogP contribution < -0.4 is 31.4 Å². The van der Waals surface area contributed by atoms with Crippen LogP contribution in [-0.4, -0.2) is 429 Å². The van der Waals surface area contributed by atoms with Crippen LogP contribution in [0.2, 0.25) is 0 Å². The number of nitrogen functional groups attached to an aromatic ring is 2. The van der Waals surface area contributed by atoms with Crippen LogP contribution >= 0.6 is 0 Å². The van der Waals surface area contributed by atoms with Crippen molar-refractivity contribution in [1.29, 1.82) is 0 Å². The van der Waals surface area contributed by atoms with Gasteiger partial charge in [0.05, 0.1) is 198 Å². The molecule has 3 fully saturated rings. The minimum atomic E-state index is -0.591. The second-order valence-electron chi connectivity index (χ2n) is 25.0. The normalized spacial score (nSPS) is 14.8. The number of anilines is 2. The van der Waals surface area contributed by atoms with Crippen molar-refractivity contribution >= 4 is 29.3 Å². The molecule has 0 atom stereocenters. The van der Waals surface area contributed by atoms with E-state index < -0.39 is 17.9 Å². The third-order valence-corrected chi connectivity index (χ3v) is 15.6. The summed E-state index contributed by atoms with van der Waals surface area (Å²) in [6, 6.07) is 12.6. The van der Waals surface area contributed by atoms with Gasteiger partial charge in [-0.15, -0.1) is 0 Å². The Bertz CT molecular complexity index is 2120. The Hall–Kier alpha value is -5.11. The molecule has 6 N–H and O–H groups in total. The van der Waals surface area contributed by atoms with Gasteiger partial charge in [-0.1, -0.05) is 60.8 Å². The van der Waals surface area contributed by atoms with E-state index in [9.17, 15) is 14.4 Å². The number of carbonyl (C=O) groups is 3. The fourth-order valence-corrected chi connectivity index (χ4v) is 9.09. The minimum absolute atomic E-state index is 0.0831. The highest BCUT2D eigenvalue weighted by Crippen LogP contribution is 2.24. The summed E-state index contributed by atoms with van der Waals surface area (Å²) in [5, 5.41) is 0. The highest BCUT2D eigenvalue weighted by atomic mass is 16.6. The summed E-state index contributed by atoms with van der Waals surface area (Å²) in [7, 11) is 14.3. The monoisotopic (exact) mass is 1690 g/mol. The van der Waals surface area contributed by atoms with Crippen molar-refractivity contribution in [2.24, 2.45) is 5.73 Å². The third kappa shape index (κ3) is 90.0. The predicted octanol–water partition coefficient (Wildman–Crippen LogP) is 4.97. The Kier molecular flexibility index (Phi) is 99.0. The number of hydrogen-bond acceptors (Lipinski definition) is 35. The summed E-state index contributed by atoms with van der Waals surface area (Å²) in [6.45, 7) is 42.2. The summed E-state index contributed by atoms with van der Waals surface area (Å²) in [5.41, 5.74) is 17.4. The average Bonchev–Trinajstić information content (AvgIpc) is 0.883. The summed E-state index contributed by atoms with van der Waals surface area (Å²) in [4.78, 5) is 45.8. The first-order valence-electron chi connectivity index (χ1n) is 41.1. The molecule has 692 valence electrons. The van der Waals surface area contributed by atoms with E-state index in [1.54, 1.807) is 60.9 Å². The molecule has 0 aliphatic carbocycles. The number of nitrogens with zero attached hydrogens (tertiary/aromatic N) is 5. The highest BCUT2D eigenvalue weighted by Gasteiger charge is 2.21. The zero-order valence-corrected chi connectivity index (χ0v) is 74.8. The molecule has 35 nitrogen and oxygen atoms in total. The third-order valence-electron chi connectivity index (χ3n) is 15.6. The number of methoxy groups -OCH3 is 9. The molecule has 117 heavy (non-hydrogen) atoms. The van der Waals surface area contributed by atoms with E-state index in [0.717, 1.165) is 76.9 Å². The molecule has 3 heterocycles. The quantitative estimate of drug-likeness (QED) is 0.0340. The molecule has 2 bridgehead atoms. The van der Waals surface area contributed by atoms with Crippen LogP contribution in [0.4, 0.5) is 11.4 Å². The molecule has 5 rings (SSSR count). The SMILES string of the molecule is C1COCCN2CCOCCOCCN(CCO1)CCOCCOCC2.CCCCC.CCN.CCN(CC)CC.COCCOC(=O)CN(CC(=O)OCCOC)CC(=O)OCCOC.COCCOCCN(CCOCCOC)CCOCCOC.COCCOc1cc(N)cc(OCCOC)c1.COCCOc1ccc(N)cc1. The molecule has 0 unspecified atom stereocenters. The van der Waals surface area contributed by atoms with Crippen molar-refractivity contribution in [2.75, 3.05) is 398 Å². The Labute approximate surface area is 703 Å². The van der Waals surface area contributed by atoms with Crippen LogP contribution in [0.3, 0.4) is 0 Å². The van der Waals surface area contributed by atoms with E-state index in [0.29, 0.717) is 196 Å². The number of esters is 3. The fourth-order valence-electron chi connectivity index (χ4n) is 9.09. The first-order chi connectivity index (χ1) is 57.1. The molecule has 3 aliphatic heterocycles. The zero-order chi connectivity index (χ0) is 87.2. The fraction of sp³-hybridized carbons (Fsp3) is 0.817. The van der Waals surface area contributed by atoms with Crippen LogP contribution in [-0.2, 0) is 114 Å². The van der Waals surface area contributed by atoms with Crippen LogP contribution in [0.5, 0.6) is 17.2 Å². The lowest BCUT2D eigenvalue weighted by atomic mass is 10.3. The second kappa shape index (κ2) is 98.0. The predicted molar refractivity (Wildman–Crippen MR) is 454 cm³/mol. The molecule has 0 spiro atoms. The Balaban J connectivity index is -0.000000661. The molecule has 0 saturated carbocycles. The van der Waals surface area contributed by atoms with E-state index >= 15 is 0 Å². The molecular weight excluding hydrogens is 1530 g/mol. The minimum Gasteiger partial charge on any atom is -0.491 e. The molecule has 3 saturated heterocycles. The lowest BCUT2D eigenvalue weighted by Crippen LogP contribution is -2.40. The number of benzene rings is 2. The smallest absolute Gasteiger partial charge is 0.320 e. The van der Waals surface area contributed by atoms with E-state index in [4.69, 9.17) is 131 Å². The standard InChI is InChI=1S/C18H36N2O6.C15H27NO9.C15H33NO6.C12H19NO4.C9H13NO2.C6H15N.C5H12.C2H7N/c1-7-21-13-14-24-10-4-20-5-11-25-17-15-22-8-2-19(1)3-9-23-16-18-26-12-6-20;1-20-4-7-23-13(17)10-16(11-14(18)24-8-5-21-2)12-15(19)25-9-6-22-3;1-17-10-13-20-7-4-16(5-8-21-14-11-18-2)6-9-22-15-12-19-3;1-14-3-5-16-11-7-10(13)8-12(9-11)17-6-4-15-2;1-11-6-7-12-9-4-2-8(10)3-5-9;1-4-7(5-2)6-3;1-3-5-4-2;1-2-3/h1-18H2;4-12H2,1-3H3;4-15H2,1-3H3;7-9H,3-6,13H2,1-2H3;2-5H,6-7,10H2,1H3;4-6H2,1-3H3;3-5H2,1-2H3;2-3H2,1H3. The molecule has 2 aromatic rings. The molecule has 3 aliphatic rings. The molecule has 35 heteroatoms. The average molecular weight is 1690 g/mol. The van der Waals surface area contributed by atoms with Gasteiger partial charge in [0.1, 0.15) is 56.9 Å². The molecule has 0 aromatic heterocycles. The van der Waals surface area contributed by atoms with Gasteiger partial charge >= 0.3 is 17.9 Å². The van der Waals surface area contributed by atoms with Crippen molar-refractivity contribution in [3.8, 4) is 17.2 Å². The van der Waals surface area contributed by atoms with Crippen molar-refractivity contribution in [2.45, 2.75) is 60.8 Å². The van der Waals surface area contributed by atoms with Gasteiger partial charge < -0.3 is 136 Å². The van der Waals surface area contributed by atoms with E-state index in [1.807, 2.05) is 31.2 Å². The van der Waals surface area contributed by atoms with Gasteiger partial charge in [-0.2, -0.15) is 0 Å². The molecule has 0 amide bonds. The number of unbranched alkanes of at least 4 members (excludes halogenated alkanes) is 2. The number of fused-ring (bicyclic) bond motifs is 21. The van der Waals surface area contributed by atoms with Crippen molar-refractivity contribution < 1.29 is 128 Å². The highest BCUT2D eigenvalue weighted by molar-refractivity contribution is 5.78. The Morgan fingerprint density at radius 3 is 0.838 bits per heavy atom. The topological polar surface area (TPSA) is 367 Å². The van der Waals surface area contributed by atoms with Crippen molar-refractivity contribution in [3.05, 3.63) is 42.5 Å². The molecule has 0 radical (unpaired) electrons. The van der Waals surface area contributed by atoms with Gasteiger partial charge in [0.2, 0.25) is 0 Å². The zero-order valence-electron chi connectivity index (χ0n) is 74.8. The van der Waals surface area contributed by atoms with E-state index in [-0.39, 0.29) is 59.3 Å². The number of nitrogens with two attached hydrogens (primary N) is 3. The van der Waals surface area contributed by atoms with Gasteiger partial charge in [-0.3, -0.25) is 34.0 Å². The number of hydrogen-bond donors (Lipinski definition) is 3. The van der Waals surface area contributed by atoms with Gasteiger partial charge in [0.25, 0.3) is 0 Å². The molecule has 2 aromatic carbocycles. The van der Waals surface area contributed by atoms with E-state index in [2.05, 4.69) is 54.2 Å². The molecular formula is C82H162N8O27. The summed E-state index contributed by atoms with van der Waals surface area (Å²) in [5.74, 6) is 0.398. The first kappa shape index (κ1) is 118. The lowest BCUT2D eigenvalue weighted by Gasteiger charge is -2.24. The van der Waals surface area contributed by atoms with Crippen LogP contribution in [0.15, 0.2) is 42.5 Å².